The summed E-state index contributed by atoms with van der Waals surface area (Å²) in [5.74, 6) is 0.531. The number of benzene rings is 1. The first kappa shape index (κ1) is 13.8. The number of hydrogen-bond donors (Lipinski definition) is 4. The van der Waals surface area contributed by atoms with Crippen molar-refractivity contribution in [2.75, 3.05) is 31.7 Å². The molecule has 0 aliphatic carbocycles. The minimum atomic E-state index is -0.291. The van der Waals surface area contributed by atoms with Crippen molar-refractivity contribution in [3.05, 3.63) is 23.8 Å². The third-order valence-corrected chi connectivity index (χ3v) is 2.96. The van der Waals surface area contributed by atoms with Gasteiger partial charge in [0, 0.05) is 0 Å². The highest BCUT2D eigenvalue weighted by Gasteiger charge is 2.15. The number of carbonyl (C=O) groups is 1. The molecule has 19 heavy (non-hydrogen) atoms. The van der Waals surface area contributed by atoms with Crippen LogP contribution in [-0.2, 0) is 11.2 Å². The molecule has 4 N–H and O–H groups in total. The van der Waals surface area contributed by atoms with Gasteiger partial charge in [0.15, 0.2) is 6.61 Å². The third kappa shape index (κ3) is 3.66. The van der Waals surface area contributed by atoms with Crippen molar-refractivity contribution in [1.29, 1.82) is 0 Å². The molecule has 104 valence electrons. The van der Waals surface area contributed by atoms with E-state index in [1.807, 2.05) is 18.2 Å². The summed E-state index contributed by atoms with van der Waals surface area (Å²) in [5.41, 5.74) is 1.74. The Morgan fingerprint density at radius 2 is 2.16 bits per heavy atom. The molecule has 6 nitrogen and oxygen atoms in total. The molecule has 1 aromatic carbocycles. The van der Waals surface area contributed by atoms with Crippen LogP contribution in [0.4, 0.5) is 5.69 Å². The topological polar surface area (TPSA) is 90.8 Å². The molecular formula is C13H18N2O4. The molecule has 1 aromatic rings. The Morgan fingerprint density at radius 3 is 2.89 bits per heavy atom. The van der Waals surface area contributed by atoms with Gasteiger partial charge in [-0.15, -0.1) is 0 Å². The van der Waals surface area contributed by atoms with E-state index in [1.165, 1.54) is 0 Å². The molecular weight excluding hydrogens is 248 g/mol. The molecule has 1 aliphatic heterocycles. The van der Waals surface area contributed by atoms with E-state index < -0.39 is 0 Å². The molecule has 0 spiro atoms. The first-order chi connectivity index (χ1) is 9.22. The van der Waals surface area contributed by atoms with Gasteiger partial charge in [0.05, 0.1) is 24.9 Å². The van der Waals surface area contributed by atoms with Gasteiger partial charge in [-0.3, -0.25) is 4.79 Å². The van der Waals surface area contributed by atoms with E-state index in [0.29, 0.717) is 18.0 Å². The van der Waals surface area contributed by atoms with Gasteiger partial charge in [0.1, 0.15) is 5.75 Å². The highest BCUT2D eigenvalue weighted by molar-refractivity contribution is 5.95. The molecule has 0 saturated carbocycles. The van der Waals surface area contributed by atoms with Crippen LogP contribution in [0.15, 0.2) is 18.2 Å². The highest BCUT2D eigenvalue weighted by Crippen LogP contribution is 2.28. The zero-order valence-electron chi connectivity index (χ0n) is 10.6. The molecule has 0 aromatic heterocycles. The predicted octanol–water partition coefficient (Wildman–Crippen LogP) is -0.497. The molecule has 1 amide bonds. The first-order valence-corrected chi connectivity index (χ1v) is 6.23. The molecule has 0 fully saturated rings. The van der Waals surface area contributed by atoms with Crippen LogP contribution in [0.2, 0.25) is 0 Å². The summed E-state index contributed by atoms with van der Waals surface area (Å²) in [6.45, 7) is 0.511. The van der Waals surface area contributed by atoms with Gasteiger partial charge in [0.2, 0.25) is 0 Å². The van der Waals surface area contributed by atoms with E-state index in [2.05, 4.69) is 10.6 Å². The van der Waals surface area contributed by atoms with Gasteiger partial charge in [-0.2, -0.15) is 0 Å². The number of carbonyl (C=O) groups excluding carboxylic acids is 1. The van der Waals surface area contributed by atoms with Crippen molar-refractivity contribution in [3.63, 3.8) is 0 Å². The predicted molar refractivity (Wildman–Crippen MR) is 70.2 cm³/mol. The van der Waals surface area contributed by atoms with Gasteiger partial charge in [-0.1, -0.05) is 6.07 Å². The van der Waals surface area contributed by atoms with Gasteiger partial charge < -0.3 is 25.6 Å². The number of nitrogens with one attached hydrogen (secondary N) is 2. The quantitative estimate of drug-likeness (QED) is 0.557. The number of rotatable bonds is 6. The Morgan fingerprint density at radius 1 is 1.37 bits per heavy atom. The van der Waals surface area contributed by atoms with E-state index in [-0.39, 0.29) is 31.8 Å². The molecule has 0 atom stereocenters. The summed E-state index contributed by atoms with van der Waals surface area (Å²) < 4.78 is 5.27. The van der Waals surface area contributed by atoms with Crippen molar-refractivity contribution in [1.82, 2.24) is 5.32 Å². The zero-order chi connectivity index (χ0) is 13.7. The Kier molecular flexibility index (Phi) is 4.73. The number of aliphatic hydroxyl groups is 2. The molecule has 2 rings (SSSR count). The Balaban J connectivity index is 1.91. The lowest BCUT2D eigenvalue weighted by molar-refractivity contribution is -0.118. The number of hydrogen-bond acceptors (Lipinski definition) is 5. The fourth-order valence-corrected chi connectivity index (χ4v) is 1.89. The molecule has 0 unspecified atom stereocenters. The normalized spacial score (nSPS) is 13.9. The summed E-state index contributed by atoms with van der Waals surface area (Å²) in [7, 11) is 0. The van der Waals surface area contributed by atoms with Crippen molar-refractivity contribution in [3.8, 4) is 5.75 Å². The van der Waals surface area contributed by atoms with Crippen LogP contribution in [0.25, 0.3) is 0 Å². The maximum absolute atomic E-state index is 11.2. The number of fused-ring (bicyclic) bond motifs is 1. The Labute approximate surface area is 111 Å². The smallest absolute Gasteiger partial charge is 0.262 e. The van der Waals surface area contributed by atoms with Crippen LogP contribution < -0.4 is 15.4 Å². The second kappa shape index (κ2) is 6.51. The number of anilines is 1. The number of ether oxygens (including phenoxy) is 1. The average Bonchev–Trinajstić information content (AvgIpc) is 2.43. The van der Waals surface area contributed by atoms with Crippen molar-refractivity contribution in [2.24, 2.45) is 0 Å². The number of aliphatic hydroxyl groups excluding tert-OH is 2. The van der Waals surface area contributed by atoms with E-state index >= 15 is 0 Å². The monoisotopic (exact) mass is 266 g/mol. The van der Waals surface area contributed by atoms with Crippen LogP contribution >= 0.6 is 0 Å². The second-order valence-corrected chi connectivity index (χ2v) is 4.43. The van der Waals surface area contributed by atoms with E-state index in [4.69, 9.17) is 14.9 Å². The average molecular weight is 266 g/mol. The van der Waals surface area contributed by atoms with Gasteiger partial charge in [-0.05, 0) is 30.7 Å². The van der Waals surface area contributed by atoms with E-state index in [1.54, 1.807) is 0 Å². The Bertz CT molecular complexity index is 446. The van der Waals surface area contributed by atoms with Crippen LogP contribution in [0.3, 0.4) is 0 Å². The van der Waals surface area contributed by atoms with E-state index in [9.17, 15) is 4.79 Å². The lowest BCUT2D eigenvalue weighted by Gasteiger charge is -2.19. The van der Waals surface area contributed by atoms with Crippen molar-refractivity contribution in [2.45, 2.75) is 12.5 Å². The van der Waals surface area contributed by atoms with E-state index in [0.717, 1.165) is 12.0 Å². The summed E-state index contributed by atoms with van der Waals surface area (Å²) in [4.78, 5) is 11.2. The summed E-state index contributed by atoms with van der Waals surface area (Å²) in [6, 6.07) is 5.35. The largest absolute Gasteiger partial charge is 0.482 e. The maximum Gasteiger partial charge on any atom is 0.262 e. The minimum absolute atomic E-state index is 0.0581. The summed E-state index contributed by atoms with van der Waals surface area (Å²) in [6.07, 6.45) is 0.736. The van der Waals surface area contributed by atoms with Crippen LogP contribution in [0.5, 0.6) is 5.75 Å². The van der Waals surface area contributed by atoms with Gasteiger partial charge >= 0.3 is 0 Å². The molecule has 0 saturated heterocycles. The van der Waals surface area contributed by atoms with Crippen LogP contribution in [-0.4, -0.2) is 48.5 Å². The molecule has 1 aliphatic rings. The summed E-state index contributed by atoms with van der Waals surface area (Å²) >= 11 is 0. The lowest BCUT2D eigenvalue weighted by Crippen LogP contribution is -2.36. The molecule has 1 heterocycles. The Hall–Kier alpha value is -1.63. The van der Waals surface area contributed by atoms with Gasteiger partial charge in [0.25, 0.3) is 5.91 Å². The molecule has 0 bridgehead atoms. The highest BCUT2D eigenvalue weighted by atomic mass is 16.5. The fourth-order valence-electron chi connectivity index (χ4n) is 1.89. The standard InChI is InChI=1S/C13H18N2O4/c16-6-10(7-17)14-4-3-9-1-2-12-11(5-9)15-13(18)8-19-12/h1-2,5,10,14,16-17H,3-4,6-8H2,(H,15,18). The van der Waals surface area contributed by atoms with Crippen LogP contribution in [0.1, 0.15) is 5.56 Å². The fraction of sp³-hybridized carbons (Fsp3) is 0.462. The van der Waals surface area contributed by atoms with Gasteiger partial charge in [-0.25, -0.2) is 0 Å². The number of amides is 1. The third-order valence-electron chi connectivity index (χ3n) is 2.96. The SMILES string of the molecule is O=C1COc2ccc(CCNC(CO)CO)cc2N1. The minimum Gasteiger partial charge on any atom is -0.482 e. The maximum atomic E-state index is 11.2. The summed E-state index contributed by atoms with van der Waals surface area (Å²) in [5, 5.41) is 23.6. The van der Waals surface area contributed by atoms with Crippen molar-refractivity contribution >= 4 is 11.6 Å². The van der Waals surface area contributed by atoms with Crippen molar-refractivity contribution < 1.29 is 19.7 Å². The lowest BCUT2D eigenvalue weighted by atomic mass is 10.1. The van der Waals surface area contributed by atoms with Crippen LogP contribution in [0, 0.1) is 0 Å². The zero-order valence-corrected chi connectivity index (χ0v) is 10.6. The first-order valence-electron chi connectivity index (χ1n) is 6.23. The second-order valence-electron chi connectivity index (χ2n) is 4.43. The molecule has 0 radical (unpaired) electrons. The molecule has 6 heteroatoms.